The minimum atomic E-state index is 0.379. The van der Waals surface area contributed by atoms with Gasteiger partial charge in [-0.2, -0.15) is 5.10 Å². The fourth-order valence-electron chi connectivity index (χ4n) is 2.32. The molecule has 1 unspecified atom stereocenters. The highest BCUT2D eigenvalue weighted by Gasteiger charge is 2.28. The molecule has 1 aliphatic heterocycles. The number of anilines is 1. The van der Waals surface area contributed by atoms with Crippen molar-refractivity contribution in [3.8, 4) is 0 Å². The second-order valence-electron chi connectivity index (χ2n) is 5.19. The van der Waals surface area contributed by atoms with E-state index in [4.69, 9.17) is 5.73 Å². The Kier molecular flexibility index (Phi) is 3.03. The number of hydrogen-bond donors (Lipinski definition) is 3. The molecule has 2 aliphatic rings. The molecule has 1 aromatic rings. The molecule has 0 radical (unpaired) electrons. The average molecular weight is 235 g/mol. The Balaban J connectivity index is 1.48. The molecule has 2 heterocycles. The van der Waals surface area contributed by atoms with Gasteiger partial charge in [-0.05, 0) is 25.2 Å². The highest BCUT2D eigenvalue weighted by atomic mass is 15.4. The van der Waals surface area contributed by atoms with Crippen LogP contribution in [0.25, 0.3) is 0 Å². The van der Waals surface area contributed by atoms with E-state index in [1.165, 1.54) is 12.8 Å². The summed E-state index contributed by atoms with van der Waals surface area (Å²) in [5.41, 5.74) is 6.08. The molecule has 17 heavy (non-hydrogen) atoms. The number of nitrogens with zero attached hydrogens (tertiary/aromatic N) is 2. The van der Waals surface area contributed by atoms with Crippen LogP contribution >= 0.6 is 0 Å². The fraction of sp³-hybridized carbons (Fsp3) is 0.750. The fourth-order valence-corrected chi connectivity index (χ4v) is 2.32. The van der Waals surface area contributed by atoms with E-state index in [0.717, 1.165) is 37.8 Å². The summed E-state index contributed by atoms with van der Waals surface area (Å²) in [4.78, 5) is 0. The van der Waals surface area contributed by atoms with Crippen LogP contribution in [-0.2, 0) is 0 Å². The van der Waals surface area contributed by atoms with E-state index in [-0.39, 0.29) is 0 Å². The van der Waals surface area contributed by atoms with Crippen molar-refractivity contribution < 1.29 is 0 Å². The normalized spacial score (nSPS) is 22.2. The van der Waals surface area contributed by atoms with E-state index in [9.17, 15) is 0 Å². The minimum Gasteiger partial charge on any atom is -0.370 e. The Morgan fingerprint density at radius 2 is 2.35 bits per heavy atom. The largest absolute Gasteiger partial charge is 0.370 e. The first-order chi connectivity index (χ1) is 8.34. The van der Waals surface area contributed by atoms with Gasteiger partial charge >= 0.3 is 0 Å². The smallest absolute Gasteiger partial charge is 0.124 e. The maximum Gasteiger partial charge on any atom is 0.124 e. The molecule has 2 fully saturated rings. The summed E-state index contributed by atoms with van der Waals surface area (Å²) in [6, 6.07) is 2.94. The van der Waals surface area contributed by atoms with Gasteiger partial charge in [0.15, 0.2) is 0 Å². The second-order valence-corrected chi connectivity index (χ2v) is 5.19. The number of nitrogens with two attached hydrogens (primary N) is 1. The quantitative estimate of drug-likeness (QED) is 0.674. The third kappa shape index (κ3) is 2.45. The van der Waals surface area contributed by atoms with E-state index < -0.39 is 0 Å². The highest BCUT2D eigenvalue weighted by Crippen LogP contribution is 2.32. The second kappa shape index (κ2) is 4.66. The van der Waals surface area contributed by atoms with Crippen molar-refractivity contribution >= 4 is 5.82 Å². The Morgan fingerprint density at radius 1 is 1.53 bits per heavy atom. The predicted octanol–water partition coefficient (Wildman–Crippen LogP) is 0.567. The lowest BCUT2D eigenvalue weighted by molar-refractivity contribution is 0.321. The first-order valence-corrected chi connectivity index (χ1v) is 6.58. The lowest BCUT2D eigenvalue weighted by Gasteiger charge is -2.29. The van der Waals surface area contributed by atoms with Gasteiger partial charge in [0.05, 0.1) is 12.2 Å². The third-order valence-electron chi connectivity index (χ3n) is 3.79. The molecule has 0 amide bonds. The Hall–Kier alpha value is -1.07. The van der Waals surface area contributed by atoms with Crippen LogP contribution in [0.3, 0.4) is 0 Å². The molecule has 4 N–H and O–H groups in total. The SMILES string of the molecule is NC(CCNc1ccnn1C1CNC1)C1CC1. The van der Waals surface area contributed by atoms with Crippen LogP contribution in [0.5, 0.6) is 0 Å². The van der Waals surface area contributed by atoms with Gasteiger partial charge in [-0.3, -0.25) is 0 Å². The average Bonchev–Trinajstić information content (AvgIpc) is 3.00. The summed E-state index contributed by atoms with van der Waals surface area (Å²) in [5, 5.41) is 11.1. The number of rotatable bonds is 6. The van der Waals surface area contributed by atoms with Crippen molar-refractivity contribution in [2.24, 2.45) is 11.7 Å². The first kappa shape index (κ1) is 11.0. The molecule has 3 rings (SSSR count). The molecular weight excluding hydrogens is 214 g/mol. The molecule has 0 spiro atoms. The van der Waals surface area contributed by atoms with Gasteiger partial charge in [0.25, 0.3) is 0 Å². The van der Waals surface area contributed by atoms with E-state index in [1.54, 1.807) is 0 Å². The summed E-state index contributed by atoms with van der Waals surface area (Å²) >= 11 is 0. The molecule has 1 aromatic heterocycles. The number of nitrogens with one attached hydrogen (secondary N) is 2. The maximum absolute atomic E-state index is 6.08. The Morgan fingerprint density at radius 3 is 3.00 bits per heavy atom. The van der Waals surface area contributed by atoms with E-state index in [1.807, 2.05) is 12.3 Å². The monoisotopic (exact) mass is 235 g/mol. The van der Waals surface area contributed by atoms with Crippen LogP contribution in [0.2, 0.25) is 0 Å². The highest BCUT2D eigenvalue weighted by molar-refractivity contribution is 5.34. The van der Waals surface area contributed by atoms with Crippen molar-refractivity contribution in [3.63, 3.8) is 0 Å². The molecular formula is C12H21N5. The molecule has 5 heteroatoms. The van der Waals surface area contributed by atoms with Gasteiger partial charge in [0.2, 0.25) is 0 Å². The summed E-state index contributed by atoms with van der Waals surface area (Å²) in [5.74, 6) is 1.91. The molecule has 0 bridgehead atoms. The van der Waals surface area contributed by atoms with Crippen LogP contribution in [0.1, 0.15) is 25.3 Å². The van der Waals surface area contributed by atoms with E-state index >= 15 is 0 Å². The van der Waals surface area contributed by atoms with Crippen molar-refractivity contribution in [1.29, 1.82) is 0 Å². The van der Waals surface area contributed by atoms with Crippen LogP contribution in [0, 0.1) is 5.92 Å². The summed E-state index contributed by atoms with van der Waals surface area (Å²) < 4.78 is 2.08. The maximum atomic E-state index is 6.08. The van der Waals surface area contributed by atoms with Gasteiger partial charge in [-0.15, -0.1) is 0 Å². The summed E-state index contributed by atoms with van der Waals surface area (Å²) in [7, 11) is 0. The van der Waals surface area contributed by atoms with E-state index in [0.29, 0.717) is 12.1 Å². The third-order valence-corrected chi connectivity index (χ3v) is 3.79. The zero-order chi connectivity index (χ0) is 11.7. The topological polar surface area (TPSA) is 67.9 Å². The zero-order valence-electron chi connectivity index (χ0n) is 10.1. The first-order valence-electron chi connectivity index (χ1n) is 6.58. The number of hydrogen-bond acceptors (Lipinski definition) is 4. The van der Waals surface area contributed by atoms with E-state index in [2.05, 4.69) is 20.4 Å². The summed E-state index contributed by atoms with van der Waals surface area (Å²) in [6.45, 7) is 3.00. The lowest BCUT2D eigenvalue weighted by Crippen LogP contribution is -2.44. The van der Waals surface area contributed by atoms with Gasteiger partial charge in [-0.25, -0.2) is 4.68 Å². The van der Waals surface area contributed by atoms with Crippen molar-refractivity contribution in [2.75, 3.05) is 25.0 Å². The molecule has 1 saturated carbocycles. The van der Waals surface area contributed by atoms with Crippen molar-refractivity contribution in [1.82, 2.24) is 15.1 Å². The van der Waals surface area contributed by atoms with Gasteiger partial charge in [-0.1, -0.05) is 0 Å². The molecule has 94 valence electrons. The molecule has 1 atom stereocenters. The van der Waals surface area contributed by atoms with Crippen LogP contribution in [0.4, 0.5) is 5.82 Å². The zero-order valence-corrected chi connectivity index (χ0v) is 10.1. The molecule has 1 saturated heterocycles. The molecule has 5 nitrogen and oxygen atoms in total. The number of aromatic nitrogens is 2. The molecule has 0 aromatic carbocycles. The Bertz CT molecular complexity index is 367. The van der Waals surface area contributed by atoms with Gasteiger partial charge < -0.3 is 16.4 Å². The van der Waals surface area contributed by atoms with Gasteiger partial charge in [0, 0.05) is 31.7 Å². The summed E-state index contributed by atoms with van der Waals surface area (Å²) in [6.07, 6.45) is 5.57. The van der Waals surface area contributed by atoms with Crippen molar-refractivity contribution in [2.45, 2.75) is 31.3 Å². The van der Waals surface area contributed by atoms with Crippen LogP contribution in [0.15, 0.2) is 12.3 Å². The lowest BCUT2D eigenvalue weighted by atomic mass is 10.1. The van der Waals surface area contributed by atoms with Crippen LogP contribution < -0.4 is 16.4 Å². The molecule has 1 aliphatic carbocycles. The predicted molar refractivity (Wildman–Crippen MR) is 67.9 cm³/mol. The van der Waals surface area contributed by atoms with Gasteiger partial charge in [0.1, 0.15) is 5.82 Å². The van der Waals surface area contributed by atoms with Crippen LogP contribution in [-0.4, -0.2) is 35.5 Å². The Labute approximate surface area is 102 Å². The van der Waals surface area contributed by atoms with Crippen molar-refractivity contribution in [3.05, 3.63) is 12.3 Å². The standard InChI is InChI=1S/C12H21N5/c13-11(9-1-2-9)3-5-15-12-4-6-16-17(12)10-7-14-8-10/h4,6,9-11,14-15H,1-3,5,7-8,13H2. The minimum absolute atomic E-state index is 0.379.